The van der Waals surface area contributed by atoms with E-state index in [1.807, 2.05) is 17.0 Å². The average Bonchev–Trinajstić information content (AvgIpc) is 3.31. The standard InChI is InChI=1S/C20H23N3O2/c24-19-4-2-1-3-14(19)17-9-18(22-21-17)20(25)23-10-15-12-5-6-13(8-7-12)16(15)11-23/h1-4,9,12-13,15-16,24H,5-8,10-11H2,(H,21,22)/t12?,13?,15-,16+. The third-order valence-corrected chi connectivity index (χ3v) is 6.72. The summed E-state index contributed by atoms with van der Waals surface area (Å²) >= 11 is 0. The molecule has 0 radical (unpaired) electrons. The van der Waals surface area contributed by atoms with Crippen LogP contribution in [0.3, 0.4) is 0 Å². The van der Waals surface area contributed by atoms with E-state index in [-0.39, 0.29) is 11.7 Å². The van der Waals surface area contributed by atoms with E-state index < -0.39 is 0 Å². The van der Waals surface area contributed by atoms with Crippen molar-refractivity contribution in [3.8, 4) is 17.0 Å². The number of carbonyl (C=O) groups excluding carboxylic acids is 1. The number of aromatic amines is 1. The van der Waals surface area contributed by atoms with Crippen LogP contribution in [0, 0.1) is 23.7 Å². The summed E-state index contributed by atoms with van der Waals surface area (Å²) in [5, 5.41) is 17.1. The first-order valence-corrected chi connectivity index (χ1v) is 9.34. The van der Waals surface area contributed by atoms with Crippen molar-refractivity contribution >= 4 is 5.91 Å². The maximum absolute atomic E-state index is 12.9. The number of H-pyrrole nitrogens is 1. The summed E-state index contributed by atoms with van der Waals surface area (Å²) in [5.74, 6) is 3.28. The molecule has 2 N–H and O–H groups in total. The molecule has 0 unspecified atom stereocenters. The lowest BCUT2D eigenvalue weighted by molar-refractivity contribution is 0.0577. The summed E-state index contributed by atoms with van der Waals surface area (Å²) < 4.78 is 0. The molecule has 130 valence electrons. The molecule has 4 fully saturated rings. The summed E-state index contributed by atoms with van der Waals surface area (Å²) in [7, 11) is 0. The second kappa shape index (κ2) is 5.61. The average molecular weight is 337 g/mol. The van der Waals surface area contributed by atoms with Gasteiger partial charge in [0, 0.05) is 18.7 Å². The predicted octanol–water partition coefficient (Wildman–Crippen LogP) is 3.29. The molecule has 2 bridgehead atoms. The topological polar surface area (TPSA) is 69.2 Å². The predicted molar refractivity (Wildman–Crippen MR) is 94.0 cm³/mol. The molecule has 5 heteroatoms. The van der Waals surface area contributed by atoms with Gasteiger partial charge >= 0.3 is 0 Å². The summed E-state index contributed by atoms with van der Waals surface area (Å²) in [6, 6.07) is 8.83. The number of amides is 1. The highest BCUT2D eigenvalue weighted by molar-refractivity contribution is 5.93. The number of nitrogens with zero attached hydrogens (tertiary/aromatic N) is 2. The number of carbonyl (C=O) groups is 1. The van der Waals surface area contributed by atoms with Crippen LogP contribution in [-0.2, 0) is 0 Å². The molecule has 1 aromatic heterocycles. The maximum Gasteiger partial charge on any atom is 0.271 e. The van der Waals surface area contributed by atoms with Crippen LogP contribution in [0.5, 0.6) is 5.75 Å². The first-order valence-electron chi connectivity index (χ1n) is 9.34. The van der Waals surface area contributed by atoms with Gasteiger partial charge in [0.1, 0.15) is 11.4 Å². The van der Waals surface area contributed by atoms with Gasteiger partial charge in [0.2, 0.25) is 0 Å². The van der Waals surface area contributed by atoms with Crippen molar-refractivity contribution in [3.05, 3.63) is 36.0 Å². The Morgan fingerprint density at radius 1 is 1.08 bits per heavy atom. The van der Waals surface area contributed by atoms with Gasteiger partial charge in [-0.2, -0.15) is 5.10 Å². The molecule has 1 amide bonds. The van der Waals surface area contributed by atoms with Crippen LogP contribution < -0.4 is 0 Å². The number of hydrogen-bond donors (Lipinski definition) is 2. The van der Waals surface area contributed by atoms with Crippen LogP contribution >= 0.6 is 0 Å². The van der Waals surface area contributed by atoms with Gasteiger partial charge in [0.05, 0.1) is 5.69 Å². The second-order valence-corrected chi connectivity index (χ2v) is 7.90. The van der Waals surface area contributed by atoms with Crippen molar-refractivity contribution in [3.63, 3.8) is 0 Å². The Kier molecular flexibility index (Phi) is 3.37. The van der Waals surface area contributed by atoms with Crippen LogP contribution in [0.25, 0.3) is 11.3 Å². The Labute approximate surface area is 147 Å². The van der Waals surface area contributed by atoms with E-state index in [4.69, 9.17) is 0 Å². The Bertz CT molecular complexity index is 787. The monoisotopic (exact) mass is 337 g/mol. The minimum atomic E-state index is 0.0444. The van der Waals surface area contributed by atoms with Gasteiger partial charge in [-0.05, 0) is 67.6 Å². The second-order valence-electron chi connectivity index (χ2n) is 7.90. The fourth-order valence-electron chi connectivity index (χ4n) is 5.45. The van der Waals surface area contributed by atoms with Crippen molar-refractivity contribution in [2.45, 2.75) is 25.7 Å². The molecule has 4 aliphatic rings. The van der Waals surface area contributed by atoms with Crippen LogP contribution in [0.4, 0.5) is 0 Å². The first-order chi connectivity index (χ1) is 12.2. The fraction of sp³-hybridized carbons (Fsp3) is 0.500. The molecule has 3 saturated carbocycles. The van der Waals surface area contributed by atoms with Gasteiger partial charge in [-0.1, -0.05) is 12.1 Å². The van der Waals surface area contributed by atoms with Crippen molar-refractivity contribution in [1.29, 1.82) is 0 Å². The maximum atomic E-state index is 12.9. The fourth-order valence-corrected chi connectivity index (χ4v) is 5.45. The molecule has 5 nitrogen and oxygen atoms in total. The van der Waals surface area contributed by atoms with Gasteiger partial charge in [0.25, 0.3) is 5.91 Å². The SMILES string of the molecule is O=C(c1cc(-c2ccccc2O)n[nH]1)N1C[C@@H]2C3CCC(CC3)[C@@H]2C1. The third kappa shape index (κ3) is 2.36. The Morgan fingerprint density at radius 3 is 2.36 bits per heavy atom. The summed E-state index contributed by atoms with van der Waals surface area (Å²) in [5.41, 5.74) is 1.77. The smallest absolute Gasteiger partial charge is 0.271 e. The number of phenolic OH excluding ortho intramolecular Hbond substituents is 1. The zero-order valence-electron chi connectivity index (χ0n) is 14.2. The quantitative estimate of drug-likeness (QED) is 0.883. The number of phenols is 1. The van der Waals surface area contributed by atoms with Crippen molar-refractivity contribution < 1.29 is 9.90 Å². The van der Waals surface area contributed by atoms with E-state index in [1.54, 1.807) is 18.2 Å². The van der Waals surface area contributed by atoms with Crippen molar-refractivity contribution in [2.75, 3.05) is 13.1 Å². The van der Waals surface area contributed by atoms with E-state index in [2.05, 4.69) is 10.2 Å². The Hall–Kier alpha value is -2.30. The Morgan fingerprint density at radius 2 is 1.72 bits per heavy atom. The molecule has 1 saturated heterocycles. The summed E-state index contributed by atoms with van der Waals surface area (Å²) in [6.07, 6.45) is 5.43. The van der Waals surface area contributed by atoms with E-state index in [1.165, 1.54) is 25.7 Å². The number of benzene rings is 1. The number of fused-ring (bicyclic) bond motifs is 2. The lowest BCUT2D eigenvalue weighted by Crippen LogP contribution is -2.38. The van der Waals surface area contributed by atoms with Gasteiger partial charge in [-0.3, -0.25) is 9.89 Å². The van der Waals surface area contributed by atoms with E-state index in [0.29, 0.717) is 28.8 Å². The number of nitrogens with one attached hydrogen (secondary N) is 1. The number of para-hydroxylation sites is 1. The number of aromatic nitrogens is 2. The highest BCUT2D eigenvalue weighted by Crippen LogP contribution is 2.51. The molecular weight excluding hydrogens is 314 g/mol. The van der Waals surface area contributed by atoms with Gasteiger partial charge in [0.15, 0.2) is 0 Å². The largest absolute Gasteiger partial charge is 0.507 e. The van der Waals surface area contributed by atoms with E-state index >= 15 is 0 Å². The molecule has 2 aromatic rings. The molecule has 6 rings (SSSR count). The first kappa shape index (κ1) is 15.0. The minimum Gasteiger partial charge on any atom is -0.507 e. The molecular formula is C20H23N3O2. The molecule has 3 aliphatic carbocycles. The zero-order chi connectivity index (χ0) is 17.0. The van der Waals surface area contributed by atoms with Crippen LogP contribution in [0.15, 0.2) is 30.3 Å². The summed E-state index contributed by atoms with van der Waals surface area (Å²) in [6.45, 7) is 1.80. The van der Waals surface area contributed by atoms with Crippen molar-refractivity contribution in [2.24, 2.45) is 23.7 Å². The van der Waals surface area contributed by atoms with Gasteiger partial charge < -0.3 is 10.0 Å². The molecule has 2 heterocycles. The molecule has 1 aromatic carbocycles. The van der Waals surface area contributed by atoms with Crippen LogP contribution in [0.1, 0.15) is 36.2 Å². The number of likely N-dealkylation sites (tertiary alicyclic amines) is 1. The molecule has 25 heavy (non-hydrogen) atoms. The van der Waals surface area contributed by atoms with Crippen molar-refractivity contribution in [1.82, 2.24) is 15.1 Å². The molecule has 2 atom stereocenters. The van der Waals surface area contributed by atoms with Crippen LogP contribution in [0.2, 0.25) is 0 Å². The number of hydrogen-bond acceptors (Lipinski definition) is 3. The zero-order valence-corrected chi connectivity index (χ0v) is 14.2. The molecule has 1 aliphatic heterocycles. The van der Waals surface area contributed by atoms with Crippen LogP contribution in [-0.4, -0.2) is 39.2 Å². The highest BCUT2D eigenvalue weighted by atomic mass is 16.3. The summed E-state index contributed by atoms with van der Waals surface area (Å²) in [4.78, 5) is 15.0. The Balaban J connectivity index is 1.37. The highest BCUT2D eigenvalue weighted by Gasteiger charge is 2.49. The normalized spacial score (nSPS) is 30.5. The van der Waals surface area contributed by atoms with E-state index in [0.717, 1.165) is 24.9 Å². The molecule has 0 spiro atoms. The third-order valence-electron chi connectivity index (χ3n) is 6.72. The number of rotatable bonds is 2. The van der Waals surface area contributed by atoms with Gasteiger partial charge in [-0.15, -0.1) is 0 Å². The van der Waals surface area contributed by atoms with Gasteiger partial charge in [-0.25, -0.2) is 0 Å². The lowest BCUT2D eigenvalue weighted by atomic mass is 9.60. The lowest BCUT2D eigenvalue weighted by Gasteiger charge is -2.44. The minimum absolute atomic E-state index is 0.0444. The number of aromatic hydroxyl groups is 1. The van der Waals surface area contributed by atoms with E-state index in [9.17, 15) is 9.90 Å².